The molecule has 3 rings (SSSR count). The smallest absolute Gasteiger partial charge is 0.184 e. The fourth-order valence-corrected chi connectivity index (χ4v) is 3.56. The first-order valence-corrected chi connectivity index (χ1v) is 7.08. The van der Waals surface area contributed by atoms with Gasteiger partial charge in [-0.05, 0) is 50.0 Å². The lowest BCUT2D eigenvalue weighted by Crippen LogP contribution is -2.14. The van der Waals surface area contributed by atoms with Crippen molar-refractivity contribution in [3.05, 3.63) is 28.5 Å². The summed E-state index contributed by atoms with van der Waals surface area (Å²) < 4.78 is 29.7. The molecule has 0 radical (unpaired) electrons. The van der Waals surface area contributed by atoms with E-state index in [1.165, 1.54) is 12.8 Å². The van der Waals surface area contributed by atoms with Gasteiger partial charge in [-0.1, -0.05) is 12.8 Å². The molecule has 0 aliphatic heterocycles. The van der Waals surface area contributed by atoms with Crippen molar-refractivity contribution in [2.75, 3.05) is 0 Å². The molecule has 2 aromatic rings. The molecule has 1 atom stereocenters. The molecule has 1 saturated carbocycles. The standard InChI is InChI=1S/C14H16F2N2S/c1-8(9-4-2-3-5-9)18-13-11(17-14(18)19)7-6-10(15)12(13)16/h6-9H,2-5H2,1H3,(H,17,19). The highest BCUT2D eigenvalue weighted by molar-refractivity contribution is 7.71. The maximum Gasteiger partial charge on any atom is 0.184 e. The van der Waals surface area contributed by atoms with E-state index >= 15 is 0 Å². The number of halogens is 2. The fourth-order valence-electron chi connectivity index (χ4n) is 3.19. The van der Waals surface area contributed by atoms with Gasteiger partial charge in [-0.3, -0.25) is 0 Å². The first-order chi connectivity index (χ1) is 9.09. The van der Waals surface area contributed by atoms with Crippen LogP contribution in [-0.2, 0) is 0 Å². The second-order valence-electron chi connectivity index (χ2n) is 5.34. The van der Waals surface area contributed by atoms with Gasteiger partial charge in [0.2, 0.25) is 0 Å². The SMILES string of the molecule is CC(C1CCCC1)n1c(=S)[nH]c2ccc(F)c(F)c21. The lowest BCUT2D eigenvalue weighted by molar-refractivity contribution is 0.362. The highest BCUT2D eigenvalue weighted by Gasteiger charge is 2.26. The monoisotopic (exact) mass is 282 g/mol. The Morgan fingerprint density at radius 2 is 2.00 bits per heavy atom. The summed E-state index contributed by atoms with van der Waals surface area (Å²) in [5, 5.41) is 0. The summed E-state index contributed by atoms with van der Waals surface area (Å²) in [6, 6.07) is 2.77. The summed E-state index contributed by atoms with van der Waals surface area (Å²) in [6.45, 7) is 2.05. The van der Waals surface area contributed by atoms with Crippen molar-refractivity contribution in [1.82, 2.24) is 9.55 Å². The van der Waals surface area contributed by atoms with Crippen molar-refractivity contribution < 1.29 is 8.78 Å². The van der Waals surface area contributed by atoms with Gasteiger partial charge in [0.1, 0.15) is 5.52 Å². The number of fused-ring (bicyclic) bond motifs is 1. The van der Waals surface area contributed by atoms with E-state index in [1.54, 1.807) is 10.6 Å². The minimum absolute atomic E-state index is 0.0973. The number of aromatic amines is 1. The molecule has 19 heavy (non-hydrogen) atoms. The molecular formula is C14H16F2N2S. The molecule has 2 nitrogen and oxygen atoms in total. The topological polar surface area (TPSA) is 20.7 Å². The lowest BCUT2D eigenvalue weighted by Gasteiger charge is -2.21. The molecule has 5 heteroatoms. The number of nitrogens with zero attached hydrogens (tertiary/aromatic N) is 1. The maximum atomic E-state index is 14.1. The van der Waals surface area contributed by atoms with Crippen molar-refractivity contribution in [2.45, 2.75) is 38.6 Å². The second kappa shape index (κ2) is 4.71. The van der Waals surface area contributed by atoms with E-state index < -0.39 is 11.6 Å². The highest BCUT2D eigenvalue weighted by Crippen LogP contribution is 2.36. The highest BCUT2D eigenvalue weighted by atomic mass is 32.1. The van der Waals surface area contributed by atoms with Gasteiger partial charge < -0.3 is 9.55 Å². The van der Waals surface area contributed by atoms with Crippen LogP contribution in [0.25, 0.3) is 11.0 Å². The quantitative estimate of drug-likeness (QED) is 0.790. The third-order valence-corrected chi connectivity index (χ3v) is 4.56. The molecule has 1 aromatic heterocycles. The molecule has 1 aliphatic rings. The Morgan fingerprint density at radius 1 is 1.32 bits per heavy atom. The van der Waals surface area contributed by atoms with Crippen molar-refractivity contribution >= 4 is 23.3 Å². The third kappa shape index (κ3) is 2.00. The second-order valence-corrected chi connectivity index (χ2v) is 5.73. The lowest BCUT2D eigenvalue weighted by atomic mass is 9.99. The van der Waals surface area contributed by atoms with Crippen LogP contribution >= 0.6 is 12.2 Å². The van der Waals surface area contributed by atoms with Gasteiger partial charge in [0.15, 0.2) is 16.4 Å². The van der Waals surface area contributed by atoms with Crippen molar-refractivity contribution in [3.63, 3.8) is 0 Å². The number of rotatable bonds is 2. The summed E-state index contributed by atoms with van der Waals surface area (Å²) in [5.41, 5.74) is 0.832. The van der Waals surface area contributed by atoms with Crippen LogP contribution in [0.15, 0.2) is 12.1 Å². The predicted molar refractivity (Wildman–Crippen MR) is 73.7 cm³/mol. The van der Waals surface area contributed by atoms with Crippen LogP contribution in [0.2, 0.25) is 0 Å². The number of benzene rings is 1. The van der Waals surface area contributed by atoms with Crippen LogP contribution in [0.4, 0.5) is 8.78 Å². The molecule has 0 spiro atoms. The maximum absolute atomic E-state index is 14.1. The average molecular weight is 282 g/mol. The fraction of sp³-hybridized carbons (Fsp3) is 0.500. The summed E-state index contributed by atoms with van der Waals surface area (Å²) >= 11 is 5.29. The van der Waals surface area contributed by atoms with E-state index in [9.17, 15) is 8.78 Å². The van der Waals surface area contributed by atoms with Crippen molar-refractivity contribution in [2.24, 2.45) is 5.92 Å². The van der Waals surface area contributed by atoms with E-state index in [0.29, 0.717) is 16.2 Å². The first kappa shape index (κ1) is 12.8. The van der Waals surface area contributed by atoms with E-state index in [1.807, 2.05) is 6.92 Å². The molecule has 1 unspecified atom stereocenters. The minimum atomic E-state index is -0.825. The summed E-state index contributed by atoms with van der Waals surface area (Å²) in [5.74, 6) is -1.14. The van der Waals surface area contributed by atoms with Crippen LogP contribution < -0.4 is 0 Å². The Balaban J connectivity index is 2.19. The van der Waals surface area contributed by atoms with E-state index in [-0.39, 0.29) is 11.6 Å². The molecule has 1 aromatic carbocycles. The number of imidazole rings is 1. The largest absolute Gasteiger partial charge is 0.330 e. The van der Waals surface area contributed by atoms with E-state index in [2.05, 4.69) is 4.98 Å². The Bertz CT molecular complexity index is 668. The van der Waals surface area contributed by atoms with Crippen LogP contribution in [0.3, 0.4) is 0 Å². The van der Waals surface area contributed by atoms with Crippen LogP contribution in [0.1, 0.15) is 38.6 Å². The number of H-pyrrole nitrogens is 1. The van der Waals surface area contributed by atoms with Gasteiger partial charge in [0.05, 0.1) is 5.52 Å². The molecule has 0 saturated heterocycles. The number of aromatic nitrogens is 2. The van der Waals surface area contributed by atoms with Crippen molar-refractivity contribution in [1.29, 1.82) is 0 Å². The Labute approximate surface area is 115 Å². The normalized spacial score (nSPS) is 18.3. The van der Waals surface area contributed by atoms with Gasteiger partial charge in [-0.15, -0.1) is 0 Å². The Hall–Kier alpha value is -1.23. The zero-order chi connectivity index (χ0) is 13.6. The van der Waals surface area contributed by atoms with Gasteiger partial charge in [0, 0.05) is 6.04 Å². The molecular weight excluding hydrogens is 266 g/mol. The third-order valence-electron chi connectivity index (χ3n) is 4.26. The molecule has 1 heterocycles. The predicted octanol–water partition coefficient (Wildman–Crippen LogP) is 4.73. The number of hydrogen-bond donors (Lipinski definition) is 1. The van der Waals surface area contributed by atoms with Crippen LogP contribution in [0.5, 0.6) is 0 Å². The van der Waals surface area contributed by atoms with Gasteiger partial charge in [0.25, 0.3) is 0 Å². The Morgan fingerprint density at radius 3 is 2.68 bits per heavy atom. The van der Waals surface area contributed by atoms with Crippen LogP contribution in [-0.4, -0.2) is 9.55 Å². The zero-order valence-electron chi connectivity index (χ0n) is 10.7. The van der Waals surface area contributed by atoms with E-state index in [4.69, 9.17) is 12.2 Å². The molecule has 1 fully saturated rings. The van der Waals surface area contributed by atoms with E-state index in [0.717, 1.165) is 18.9 Å². The summed E-state index contributed by atoms with van der Waals surface area (Å²) in [6.07, 6.45) is 4.68. The number of nitrogens with one attached hydrogen (secondary N) is 1. The molecule has 1 N–H and O–H groups in total. The van der Waals surface area contributed by atoms with Gasteiger partial charge in [-0.25, -0.2) is 8.78 Å². The molecule has 102 valence electrons. The molecule has 1 aliphatic carbocycles. The van der Waals surface area contributed by atoms with Gasteiger partial charge in [-0.2, -0.15) is 0 Å². The van der Waals surface area contributed by atoms with Gasteiger partial charge >= 0.3 is 0 Å². The summed E-state index contributed by atoms with van der Waals surface area (Å²) in [7, 11) is 0. The average Bonchev–Trinajstić information content (AvgIpc) is 3.00. The minimum Gasteiger partial charge on any atom is -0.330 e. The van der Waals surface area contributed by atoms with Crippen LogP contribution in [0, 0.1) is 22.3 Å². The van der Waals surface area contributed by atoms with Crippen molar-refractivity contribution in [3.8, 4) is 0 Å². The number of hydrogen-bond acceptors (Lipinski definition) is 1. The molecule has 0 amide bonds. The molecule has 0 bridgehead atoms. The summed E-state index contributed by atoms with van der Waals surface area (Å²) in [4.78, 5) is 2.97. The Kier molecular flexibility index (Phi) is 3.17. The zero-order valence-corrected chi connectivity index (χ0v) is 11.6. The first-order valence-electron chi connectivity index (χ1n) is 6.68.